The monoisotopic (exact) mass is 432 g/mol. The van der Waals surface area contributed by atoms with E-state index in [0.717, 1.165) is 16.3 Å². The van der Waals surface area contributed by atoms with Crippen LogP contribution in [-0.4, -0.2) is 16.2 Å². The van der Waals surface area contributed by atoms with Crippen molar-refractivity contribution in [3.63, 3.8) is 0 Å². The Kier molecular flexibility index (Phi) is 3.32. The van der Waals surface area contributed by atoms with Crippen LogP contribution in [0, 0.1) is 0 Å². The largest absolute Gasteiger partial charge is 0.508 e. The Morgan fingerprint density at radius 3 is 1.76 bits per heavy atom. The van der Waals surface area contributed by atoms with Crippen molar-refractivity contribution in [3.8, 4) is 28.7 Å². The average Bonchev–Trinajstić information content (AvgIpc) is 3.11. The first kappa shape index (κ1) is 18.1. The van der Waals surface area contributed by atoms with Gasteiger partial charge in [-0.1, -0.05) is 54.6 Å². The molecule has 0 aromatic heterocycles. The fraction of sp³-hybridized carbons (Fsp3) is 0.0357. The normalized spacial score (nSPS) is 15.1. The number of esters is 1. The maximum absolute atomic E-state index is 13.8. The molecule has 2 N–H and O–H groups in total. The van der Waals surface area contributed by atoms with Gasteiger partial charge in [0.15, 0.2) is 5.41 Å². The van der Waals surface area contributed by atoms with Crippen molar-refractivity contribution < 1.29 is 24.5 Å². The van der Waals surface area contributed by atoms with Crippen LogP contribution in [0.3, 0.4) is 0 Å². The molecule has 0 unspecified atom stereocenters. The number of carbonyl (C=O) groups excluding carboxylic acids is 1. The lowest BCUT2D eigenvalue weighted by Crippen LogP contribution is -2.39. The number of hydrogen-bond donors (Lipinski definition) is 2. The van der Waals surface area contributed by atoms with Crippen LogP contribution in [0.2, 0.25) is 0 Å². The molecule has 5 heteroatoms. The molecule has 0 radical (unpaired) electrons. The summed E-state index contributed by atoms with van der Waals surface area (Å²) in [5.41, 5.74) is 0.809. The molecular formula is C28H16O5. The van der Waals surface area contributed by atoms with Crippen LogP contribution in [0.5, 0.6) is 28.7 Å². The maximum Gasteiger partial charge on any atom is 0.331 e. The number of benzene rings is 5. The van der Waals surface area contributed by atoms with Gasteiger partial charge in [-0.15, -0.1) is 0 Å². The summed E-state index contributed by atoms with van der Waals surface area (Å²) >= 11 is 0. The Labute approximate surface area is 188 Å². The van der Waals surface area contributed by atoms with E-state index in [1.807, 2.05) is 54.6 Å². The van der Waals surface area contributed by atoms with Crippen molar-refractivity contribution in [2.24, 2.45) is 0 Å². The SMILES string of the molecule is O=C1Oc2ccccc2C12c1ccc3ccc(O)cc3c1Oc1c2ccc2ccc(O)cc12. The van der Waals surface area contributed by atoms with E-state index in [4.69, 9.17) is 9.47 Å². The third kappa shape index (κ3) is 2.18. The molecule has 2 heterocycles. The standard InChI is InChI=1S/C28H16O5/c29-17-9-5-15-7-11-22-25(19(15)13-17)33-26-20-14-18(30)10-6-16(20)8-12-23(26)28(22)21-3-1-2-4-24(21)32-27(28)31/h1-14,29-30H. The summed E-state index contributed by atoms with van der Waals surface area (Å²) in [6.07, 6.45) is 0. The first-order chi connectivity index (χ1) is 16.1. The number of phenols is 2. The molecule has 0 bridgehead atoms. The fourth-order valence-corrected chi connectivity index (χ4v) is 5.28. The predicted molar refractivity (Wildman–Crippen MR) is 123 cm³/mol. The number of hydrogen-bond acceptors (Lipinski definition) is 5. The van der Waals surface area contributed by atoms with Crippen LogP contribution in [-0.2, 0) is 10.2 Å². The van der Waals surface area contributed by atoms with Gasteiger partial charge in [0.2, 0.25) is 0 Å². The molecule has 0 atom stereocenters. The van der Waals surface area contributed by atoms with E-state index in [2.05, 4.69) is 0 Å². The molecule has 0 saturated carbocycles. The van der Waals surface area contributed by atoms with Crippen molar-refractivity contribution in [1.82, 2.24) is 0 Å². The van der Waals surface area contributed by atoms with Gasteiger partial charge < -0.3 is 19.7 Å². The van der Waals surface area contributed by atoms with Crippen molar-refractivity contribution >= 4 is 27.5 Å². The van der Waals surface area contributed by atoms with E-state index in [-0.39, 0.29) is 11.5 Å². The van der Waals surface area contributed by atoms with Crippen molar-refractivity contribution in [1.29, 1.82) is 0 Å². The van der Waals surface area contributed by atoms with E-state index in [9.17, 15) is 15.0 Å². The van der Waals surface area contributed by atoms with Crippen LogP contribution in [0.1, 0.15) is 16.7 Å². The first-order valence-corrected chi connectivity index (χ1v) is 10.6. The summed E-state index contributed by atoms with van der Waals surface area (Å²) in [7, 11) is 0. The third-order valence-corrected chi connectivity index (χ3v) is 6.72. The number of para-hydroxylation sites is 1. The summed E-state index contributed by atoms with van der Waals surface area (Å²) in [6, 6.07) is 25.2. The zero-order chi connectivity index (χ0) is 22.3. The summed E-state index contributed by atoms with van der Waals surface area (Å²) in [5, 5.41) is 23.6. The highest BCUT2D eigenvalue weighted by atomic mass is 16.5. The van der Waals surface area contributed by atoms with Crippen LogP contribution in [0.4, 0.5) is 0 Å². The van der Waals surface area contributed by atoms with E-state index in [1.165, 1.54) is 0 Å². The number of ether oxygens (including phenoxy) is 2. The summed E-state index contributed by atoms with van der Waals surface area (Å²) < 4.78 is 12.3. The van der Waals surface area contributed by atoms with Crippen molar-refractivity contribution in [2.45, 2.75) is 5.41 Å². The zero-order valence-corrected chi connectivity index (χ0v) is 17.2. The number of phenolic OH excluding ortho intramolecular Hbond substituents is 2. The van der Waals surface area contributed by atoms with Crippen molar-refractivity contribution in [3.05, 3.63) is 102 Å². The maximum atomic E-state index is 13.8. The smallest absolute Gasteiger partial charge is 0.331 e. The molecule has 5 aromatic rings. The quantitative estimate of drug-likeness (QED) is 0.240. The minimum atomic E-state index is -1.24. The lowest BCUT2D eigenvalue weighted by atomic mass is 9.67. The predicted octanol–water partition coefficient (Wildman–Crippen LogP) is 5.76. The second kappa shape index (κ2) is 6.04. The molecule has 0 aliphatic carbocycles. The Hall–Kier alpha value is -4.51. The molecule has 0 saturated heterocycles. The van der Waals surface area contributed by atoms with Gasteiger partial charge in [-0.3, -0.25) is 0 Å². The summed E-state index contributed by atoms with van der Waals surface area (Å²) in [4.78, 5) is 13.8. The molecule has 2 aliphatic heterocycles. The number of fused-ring (bicyclic) bond motifs is 10. The van der Waals surface area contributed by atoms with E-state index in [1.54, 1.807) is 30.3 Å². The topological polar surface area (TPSA) is 76.0 Å². The Morgan fingerprint density at radius 1 is 0.606 bits per heavy atom. The minimum Gasteiger partial charge on any atom is -0.508 e. The zero-order valence-electron chi connectivity index (χ0n) is 17.2. The van der Waals surface area contributed by atoms with E-state index in [0.29, 0.717) is 39.1 Å². The number of carbonyl (C=O) groups is 1. The molecule has 33 heavy (non-hydrogen) atoms. The Bertz CT molecular complexity index is 1580. The van der Waals surface area contributed by atoms with Gasteiger partial charge in [-0.25, -0.2) is 4.79 Å². The van der Waals surface area contributed by atoms with Crippen molar-refractivity contribution in [2.75, 3.05) is 0 Å². The lowest BCUT2D eigenvalue weighted by molar-refractivity contribution is -0.135. The highest BCUT2D eigenvalue weighted by molar-refractivity contribution is 6.06. The van der Waals surface area contributed by atoms with Crippen LogP contribution < -0.4 is 9.47 Å². The second-order valence-electron chi connectivity index (χ2n) is 8.43. The van der Waals surface area contributed by atoms with Crippen LogP contribution >= 0.6 is 0 Å². The molecule has 7 rings (SSSR count). The van der Waals surface area contributed by atoms with Gasteiger partial charge in [-0.05, 0) is 41.1 Å². The van der Waals surface area contributed by atoms with Gasteiger partial charge in [-0.2, -0.15) is 0 Å². The molecule has 1 spiro atoms. The Morgan fingerprint density at radius 2 is 1.15 bits per heavy atom. The molecule has 2 aliphatic rings. The van der Waals surface area contributed by atoms with Gasteiger partial charge in [0.25, 0.3) is 0 Å². The van der Waals surface area contributed by atoms with Gasteiger partial charge in [0.1, 0.15) is 28.7 Å². The highest BCUT2D eigenvalue weighted by Crippen LogP contribution is 2.59. The lowest BCUT2D eigenvalue weighted by Gasteiger charge is -2.36. The van der Waals surface area contributed by atoms with Gasteiger partial charge >= 0.3 is 5.97 Å². The highest BCUT2D eigenvalue weighted by Gasteiger charge is 2.57. The minimum absolute atomic E-state index is 0.101. The summed E-state index contributed by atoms with van der Waals surface area (Å²) in [6.45, 7) is 0. The number of aromatic hydroxyl groups is 2. The van der Waals surface area contributed by atoms with E-state index < -0.39 is 11.4 Å². The average molecular weight is 432 g/mol. The molecule has 5 nitrogen and oxygen atoms in total. The molecule has 0 fully saturated rings. The second-order valence-corrected chi connectivity index (χ2v) is 8.43. The molecule has 158 valence electrons. The fourth-order valence-electron chi connectivity index (χ4n) is 5.28. The third-order valence-electron chi connectivity index (χ3n) is 6.72. The molecule has 0 amide bonds. The van der Waals surface area contributed by atoms with Gasteiger partial charge in [0.05, 0.1) is 0 Å². The summed E-state index contributed by atoms with van der Waals surface area (Å²) in [5.74, 6) is 1.27. The van der Waals surface area contributed by atoms with Crippen LogP contribution in [0.25, 0.3) is 21.5 Å². The Balaban J connectivity index is 1.70. The molecular weight excluding hydrogens is 416 g/mol. The number of rotatable bonds is 0. The van der Waals surface area contributed by atoms with E-state index >= 15 is 0 Å². The van der Waals surface area contributed by atoms with Crippen LogP contribution in [0.15, 0.2) is 84.9 Å². The molecule has 5 aromatic carbocycles. The first-order valence-electron chi connectivity index (χ1n) is 10.6. The van der Waals surface area contributed by atoms with Gasteiger partial charge in [0, 0.05) is 27.5 Å².